The molecule has 102 valence electrons. The van der Waals surface area contributed by atoms with E-state index in [1.807, 2.05) is 37.3 Å². The summed E-state index contributed by atoms with van der Waals surface area (Å²) < 4.78 is 10.9. The average Bonchev–Trinajstić information content (AvgIpc) is 2.85. The SMILES string of the molecule is CCCOc1ccc(C(NN)c2ccoc2C)cc1. The molecule has 0 bridgehead atoms. The minimum atomic E-state index is -0.0704. The highest BCUT2D eigenvalue weighted by atomic mass is 16.5. The zero-order valence-corrected chi connectivity index (χ0v) is 11.3. The van der Waals surface area contributed by atoms with Gasteiger partial charge in [-0.1, -0.05) is 19.1 Å². The third kappa shape index (κ3) is 3.16. The van der Waals surface area contributed by atoms with Crippen molar-refractivity contribution in [2.45, 2.75) is 26.3 Å². The molecule has 3 N–H and O–H groups in total. The highest BCUT2D eigenvalue weighted by Gasteiger charge is 2.16. The van der Waals surface area contributed by atoms with Gasteiger partial charge in [-0.3, -0.25) is 5.84 Å². The van der Waals surface area contributed by atoms with E-state index >= 15 is 0 Å². The van der Waals surface area contributed by atoms with Crippen molar-refractivity contribution in [3.63, 3.8) is 0 Å². The van der Waals surface area contributed by atoms with Crippen LogP contribution in [-0.2, 0) is 0 Å². The van der Waals surface area contributed by atoms with Gasteiger partial charge in [0.15, 0.2) is 0 Å². The molecule has 0 fully saturated rings. The first-order valence-corrected chi connectivity index (χ1v) is 6.49. The van der Waals surface area contributed by atoms with Crippen LogP contribution >= 0.6 is 0 Å². The van der Waals surface area contributed by atoms with Gasteiger partial charge in [0.2, 0.25) is 0 Å². The molecule has 1 unspecified atom stereocenters. The second-order valence-electron chi connectivity index (χ2n) is 4.45. The van der Waals surface area contributed by atoms with Gasteiger partial charge < -0.3 is 9.15 Å². The van der Waals surface area contributed by atoms with E-state index in [0.29, 0.717) is 0 Å². The summed E-state index contributed by atoms with van der Waals surface area (Å²) in [6.07, 6.45) is 2.68. The second-order valence-corrected chi connectivity index (χ2v) is 4.45. The standard InChI is InChI=1S/C15H20N2O2/c1-3-9-19-13-6-4-12(5-7-13)15(17-16)14-8-10-18-11(14)2/h4-8,10,15,17H,3,9,16H2,1-2H3. The lowest BCUT2D eigenvalue weighted by atomic mass is 10.00. The van der Waals surface area contributed by atoms with Crippen molar-refractivity contribution < 1.29 is 9.15 Å². The van der Waals surface area contributed by atoms with E-state index in [1.54, 1.807) is 6.26 Å². The predicted molar refractivity (Wildman–Crippen MR) is 74.8 cm³/mol. The van der Waals surface area contributed by atoms with Gasteiger partial charge in [0.05, 0.1) is 18.9 Å². The number of hydrogen-bond donors (Lipinski definition) is 2. The summed E-state index contributed by atoms with van der Waals surface area (Å²) in [5, 5.41) is 0. The molecule has 0 aliphatic carbocycles. The van der Waals surface area contributed by atoms with E-state index in [9.17, 15) is 0 Å². The second kappa shape index (κ2) is 6.41. The first-order chi connectivity index (χ1) is 9.26. The Bertz CT molecular complexity index is 505. The van der Waals surface area contributed by atoms with Gasteiger partial charge in [0.1, 0.15) is 11.5 Å². The smallest absolute Gasteiger partial charge is 0.119 e. The molecular weight excluding hydrogens is 240 g/mol. The summed E-state index contributed by atoms with van der Waals surface area (Å²) >= 11 is 0. The first kappa shape index (κ1) is 13.6. The van der Waals surface area contributed by atoms with Crippen molar-refractivity contribution in [2.75, 3.05) is 6.61 Å². The Kier molecular flexibility index (Phi) is 4.60. The van der Waals surface area contributed by atoms with Crippen LogP contribution in [0.3, 0.4) is 0 Å². The van der Waals surface area contributed by atoms with Gasteiger partial charge in [-0.05, 0) is 37.1 Å². The fourth-order valence-corrected chi connectivity index (χ4v) is 2.04. The van der Waals surface area contributed by atoms with Gasteiger partial charge in [0.25, 0.3) is 0 Å². The summed E-state index contributed by atoms with van der Waals surface area (Å²) in [5.41, 5.74) is 4.95. The van der Waals surface area contributed by atoms with Gasteiger partial charge >= 0.3 is 0 Å². The molecule has 1 atom stereocenters. The van der Waals surface area contributed by atoms with Crippen LogP contribution in [0.2, 0.25) is 0 Å². The maximum absolute atomic E-state index is 5.66. The van der Waals surface area contributed by atoms with Crippen LogP contribution < -0.4 is 16.0 Å². The Hall–Kier alpha value is -1.78. The number of hydrazine groups is 1. The molecule has 0 aliphatic rings. The molecule has 1 aromatic heterocycles. The Morgan fingerprint density at radius 3 is 2.53 bits per heavy atom. The molecule has 2 aromatic rings. The van der Waals surface area contributed by atoms with Crippen molar-refractivity contribution in [2.24, 2.45) is 5.84 Å². The summed E-state index contributed by atoms with van der Waals surface area (Å²) in [5.74, 6) is 7.41. The fraction of sp³-hybridized carbons (Fsp3) is 0.333. The molecule has 4 nitrogen and oxygen atoms in total. The molecule has 2 rings (SSSR count). The molecule has 4 heteroatoms. The number of ether oxygens (including phenoxy) is 1. The van der Waals surface area contributed by atoms with E-state index in [0.717, 1.165) is 35.7 Å². The first-order valence-electron chi connectivity index (χ1n) is 6.49. The van der Waals surface area contributed by atoms with Crippen molar-refractivity contribution in [1.29, 1.82) is 0 Å². The normalized spacial score (nSPS) is 12.4. The van der Waals surface area contributed by atoms with Crippen molar-refractivity contribution in [1.82, 2.24) is 5.43 Å². The Balaban J connectivity index is 2.18. The maximum atomic E-state index is 5.66. The van der Waals surface area contributed by atoms with Crippen molar-refractivity contribution in [3.8, 4) is 5.75 Å². The van der Waals surface area contributed by atoms with E-state index in [2.05, 4.69) is 12.3 Å². The lowest BCUT2D eigenvalue weighted by Crippen LogP contribution is -2.28. The van der Waals surface area contributed by atoms with Crippen LogP contribution in [0.25, 0.3) is 0 Å². The molecule has 0 saturated carbocycles. The van der Waals surface area contributed by atoms with E-state index in [-0.39, 0.29) is 6.04 Å². The quantitative estimate of drug-likeness (QED) is 0.619. The Morgan fingerprint density at radius 1 is 1.26 bits per heavy atom. The Labute approximate surface area is 113 Å². The van der Waals surface area contributed by atoms with Crippen LogP contribution in [0.4, 0.5) is 0 Å². The lowest BCUT2D eigenvalue weighted by Gasteiger charge is -2.16. The molecule has 0 amide bonds. The highest BCUT2D eigenvalue weighted by Crippen LogP contribution is 2.26. The predicted octanol–water partition coefficient (Wildman–Crippen LogP) is 2.93. The number of hydrogen-bond acceptors (Lipinski definition) is 4. The number of rotatable bonds is 6. The zero-order valence-electron chi connectivity index (χ0n) is 11.3. The summed E-state index contributed by atoms with van der Waals surface area (Å²) in [4.78, 5) is 0. The molecule has 0 spiro atoms. The number of furan rings is 1. The van der Waals surface area contributed by atoms with Crippen LogP contribution in [-0.4, -0.2) is 6.61 Å². The van der Waals surface area contributed by atoms with Crippen LogP contribution in [0.15, 0.2) is 41.0 Å². The molecule has 0 radical (unpaired) electrons. The zero-order chi connectivity index (χ0) is 13.7. The molecule has 0 saturated heterocycles. The molecule has 19 heavy (non-hydrogen) atoms. The van der Waals surface area contributed by atoms with Crippen LogP contribution in [0.1, 0.15) is 36.3 Å². The van der Waals surface area contributed by atoms with E-state index in [1.165, 1.54) is 0 Å². The van der Waals surface area contributed by atoms with Gasteiger partial charge in [-0.25, -0.2) is 5.43 Å². The monoisotopic (exact) mass is 260 g/mol. The van der Waals surface area contributed by atoms with Crippen molar-refractivity contribution in [3.05, 3.63) is 53.5 Å². The highest BCUT2D eigenvalue weighted by molar-refractivity contribution is 5.36. The van der Waals surface area contributed by atoms with E-state index in [4.69, 9.17) is 15.0 Å². The molecule has 0 aliphatic heterocycles. The molecule has 1 aromatic carbocycles. The number of nitrogens with one attached hydrogen (secondary N) is 1. The van der Waals surface area contributed by atoms with Gasteiger partial charge in [-0.15, -0.1) is 0 Å². The number of benzene rings is 1. The third-order valence-corrected chi connectivity index (χ3v) is 3.06. The maximum Gasteiger partial charge on any atom is 0.119 e. The summed E-state index contributed by atoms with van der Waals surface area (Å²) in [6, 6.07) is 9.82. The average molecular weight is 260 g/mol. The number of aryl methyl sites for hydroxylation is 1. The summed E-state index contributed by atoms with van der Waals surface area (Å²) in [6.45, 7) is 4.75. The largest absolute Gasteiger partial charge is 0.494 e. The van der Waals surface area contributed by atoms with Gasteiger partial charge in [0, 0.05) is 5.56 Å². The molecular formula is C15H20N2O2. The van der Waals surface area contributed by atoms with E-state index < -0.39 is 0 Å². The van der Waals surface area contributed by atoms with Gasteiger partial charge in [-0.2, -0.15) is 0 Å². The minimum Gasteiger partial charge on any atom is -0.494 e. The third-order valence-electron chi connectivity index (χ3n) is 3.06. The topological polar surface area (TPSA) is 60.4 Å². The minimum absolute atomic E-state index is 0.0704. The van der Waals surface area contributed by atoms with Crippen LogP contribution in [0.5, 0.6) is 5.75 Å². The Morgan fingerprint density at radius 2 is 2.00 bits per heavy atom. The lowest BCUT2D eigenvalue weighted by molar-refractivity contribution is 0.317. The number of nitrogens with two attached hydrogens (primary N) is 1. The van der Waals surface area contributed by atoms with Crippen molar-refractivity contribution >= 4 is 0 Å². The van der Waals surface area contributed by atoms with Crippen LogP contribution in [0, 0.1) is 6.92 Å². The molecule has 1 heterocycles. The summed E-state index contributed by atoms with van der Waals surface area (Å²) in [7, 11) is 0. The fourth-order valence-electron chi connectivity index (χ4n) is 2.04.